The Morgan fingerprint density at radius 1 is 0.833 bits per heavy atom. The molecule has 3 rings (SSSR count). The molecule has 3 aromatic rings. The third-order valence-electron chi connectivity index (χ3n) is 2.81. The molecular weight excluding hydrogens is 224 g/mol. The van der Waals surface area contributed by atoms with Crippen LogP contribution in [0.25, 0.3) is 16.9 Å². The van der Waals surface area contributed by atoms with Gasteiger partial charge in [0.2, 0.25) is 0 Å². The zero-order valence-electron chi connectivity index (χ0n) is 9.71. The highest BCUT2D eigenvalue weighted by Crippen LogP contribution is 2.20. The number of aromatic amines is 1. The fourth-order valence-corrected chi connectivity index (χ4v) is 1.99. The van der Waals surface area contributed by atoms with Crippen LogP contribution in [-0.4, -0.2) is 9.78 Å². The summed E-state index contributed by atoms with van der Waals surface area (Å²) in [6, 6.07) is 21.2. The van der Waals surface area contributed by atoms with Crippen LogP contribution in [0.5, 0.6) is 0 Å². The summed E-state index contributed by atoms with van der Waals surface area (Å²) in [5.74, 6) is 0. The predicted molar refractivity (Wildman–Crippen MR) is 71.8 cm³/mol. The number of para-hydroxylation sites is 1. The van der Waals surface area contributed by atoms with Crippen LogP contribution in [0.3, 0.4) is 0 Å². The van der Waals surface area contributed by atoms with E-state index in [1.807, 2.05) is 60.7 Å². The van der Waals surface area contributed by atoms with Gasteiger partial charge in [0.05, 0.1) is 11.4 Å². The molecule has 0 aliphatic rings. The van der Waals surface area contributed by atoms with Gasteiger partial charge in [0.15, 0.2) is 0 Å². The van der Waals surface area contributed by atoms with Crippen LogP contribution in [0.2, 0.25) is 0 Å². The van der Waals surface area contributed by atoms with Crippen molar-refractivity contribution in [3.8, 4) is 16.9 Å². The molecule has 0 aliphatic carbocycles. The minimum absolute atomic E-state index is 0.0993. The van der Waals surface area contributed by atoms with Gasteiger partial charge in [-0.15, -0.1) is 0 Å². The fourth-order valence-electron chi connectivity index (χ4n) is 1.99. The molecule has 0 aliphatic heterocycles. The fraction of sp³-hybridized carbons (Fsp3) is 0. The van der Waals surface area contributed by atoms with E-state index in [1.165, 1.54) is 0 Å². The smallest absolute Gasteiger partial charge is 0.265 e. The first-order valence-corrected chi connectivity index (χ1v) is 5.77. The molecule has 0 amide bonds. The summed E-state index contributed by atoms with van der Waals surface area (Å²) in [5.41, 5.74) is 2.72. The Hall–Kier alpha value is -2.55. The molecule has 0 fully saturated rings. The van der Waals surface area contributed by atoms with Gasteiger partial charge < -0.3 is 0 Å². The van der Waals surface area contributed by atoms with Crippen molar-refractivity contribution in [3.05, 3.63) is 77.1 Å². The zero-order chi connectivity index (χ0) is 12.4. The van der Waals surface area contributed by atoms with Gasteiger partial charge in [-0.1, -0.05) is 48.5 Å². The number of hydrogen-bond donors (Lipinski definition) is 1. The first kappa shape index (κ1) is 10.6. The summed E-state index contributed by atoms with van der Waals surface area (Å²) in [6.45, 7) is 0. The number of aromatic nitrogens is 2. The van der Waals surface area contributed by atoms with Crippen molar-refractivity contribution < 1.29 is 0 Å². The Morgan fingerprint density at radius 2 is 1.44 bits per heavy atom. The molecule has 0 unspecified atom stereocenters. The molecule has 0 bridgehead atoms. The lowest BCUT2D eigenvalue weighted by Crippen LogP contribution is -2.03. The Morgan fingerprint density at radius 3 is 2.11 bits per heavy atom. The molecule has 2 aromatic carbocycles. The molecule has 0 radical (unpaired) electrons. The zero-order valence-corrected chi connectivity index (χ0v) is 9.71. The lowest BCUT2D eigenvalue weighted by Gasteiger charge is -2.07. The Labute approximate surface area is 104 Å². The SMILES string of the molecule is O=c1cc(-c2ccccc2)n(-c2ccccc2)[nH]1. The maximum atomic E-state index is 11.6. The lowest BCUT2D eigenvalue weighted by atomic mass is 10.1. The average Bonchev–Trinajstić information content (AvgIpc) is 2.83. The van der Waals surface area contributed by atoms with E-state index in [-0.39, 0.29) is 5.56 Å². The summed E-state index contributed by atoms with van der Waals surface area (Å²) in [7, 11) is 0. The Balaban J connectivity index is 2.21. The van der Waals surface area contributed by atoms with E-state index in [1.54, 1.807) is 10.7 Å². The Kier molecular flexibility index (Phi) is 2.57. The highest BCUT2D eigenvalue weighted by molar-refractivity contribution is 5.61. The molecule has 0 spiro atoms. The first-order valence-electron chi connectivity index (χ1n) is 5.77. The van der Waals surface area contributed by atoms with Crippen molar-refractivity contribution in [1.82, 2.24) is 9.78 Å². The molecule has 1 heterocycles. The summed E-state index contributed by atoms with van der Waals surface area (Å²) in [4.78, 5) is 11.6. The summed E-state index contributed by atoms with van der Waals surface area (Å²) < 4.78 is 1.80. The second-order valence-electron chi connectivity index (χ2n) is 4.04. The van der Waals surface area contributed by atoms with Crippen molar-refractivity contribution >= 4 is 0 Å². The van der Waals surface area contributed by atoms with Crippen LogP contribution in [0.1, 0.15) is 0 Å². The number of H-pyrrole nitrogens is 1. The molecule has 0 saturated heterocycles. The number of nitrogens with one attached hydrogen (secondary N) is 1. The van der Waals surface area contributed by atoms with Gasteiger partial charge in [0.25, 0.3) is 5.56 Å². The molecule has 18 heavy (non-hydrogen) atoms. The van der Waals surface area contributed by atoms with Crippen LogP contribution in [0.4, 0.5) is 0 Å². The van der Waals surface area contributed by atoms with Crippen LogP contribution in [0, 0.1) is 0 Å². The number of nitrogens with zero attached hydrogens (tertiary/aromatic N) is 1. The van der Waals surface area contributed by atoms with E-state index >= 15 is 0 Å². The maximum Gasteiger partial charge on any atom is 0.265 e. The summed E-state index contributed by atoms with van der Waals surface area (Å²) >= 11 is 0. The second-order valence-corrected chi connectivity index (χ2v) is 4.04. The van der Waals surface area contributed by atoms with Crippen LogP contribution in [0.15, 0.2) is 71.5 Å². The van der Waals surface area contributed by atoms with Crippen LogP contribution >= 0.6 is 0 Å². The van der Waals surface area contributed by atoms with Crippen molar-refractivity contribution in [3.63, 3.8) is 0 Å². The van der Waals surface area contributed by atoms with Gasteiger partial charge >= 0.3 is 0 Å². The van der Waals surface area contributed by atoms with E-state index in [4.69, 9.17) is 0 Å². The predicted octanol–water partition coefficient (Wildman–Crippen LogP) is 2.83. The van der Waals surface area contributed by atoms with Gasteiger partial charge in [0, 0.05) is 11.6 Å². The molecule has 0 atom stereocenters. The highest BCUT2D eigenvalue weighted by atomic mass is 16.1. The average molecular weight is 236 g/mol. The van der Waals surface area contributed by atoms with E-state index in [0.29, 0.717) is 0 Å². The van der Waals surface area contributed by atoms with Crippen molar-refractivity contribution in [1.29, 1.82) is 0 Å². The minimum Gasteiger partial charge on any atom is -0.268 e. The molecular formula is C15H12N2O. The molecule has 3 heteroatoms. The third kappa shape index (κ3) is 1.86. The third-order valence-corrected chi connectivity index (χ3v) is 2.81. The monoisotopic (exact) mass is 236 g/mol. The maximum absolute atomic E-state index is 11.6. The number of rotatable bonds is 2. The van der Waals surface area contributed by atoms with Gasteiger partial charge in [-0.05, 0) is 12.1 Å². The second kappa shape index (κ2) is 4.37. The van der Waals surface area contributed by atoms with E-state index < -0.39 is 0 Å². The first-order chi connectivity index (χ1) is 8.84. The molecule has 3 nitrogen and oxygen atoms in total. The standard InChI is InChI=1S/C15H12N2O/c18-15-11-14(12-7-3-1-4-8-12)17(16-15)13-9-5-2-6-10-13/h1-11H,(H,16,18). The molecule has 88 valence electrons. The number of benzene rings is 2. The van der Waals surface area contributed by atoms with E-state index in [9.17, 15) is 4.79 Å². The van der Waals surface area contributed by atoms with Crippen molar-refractivity contribution in [2.45, 2.75) is 0 Å². The highest BCUT2D eigenvalue weighted by Gasteiger charge is 2.07. The van der Waals surface area contributed by atoms with Crippen LogP contribution < -0.4 is 5.56 Å². The largest absolute Gasteiger partial charge is 0.268 e. The summed E-state index contributed by atoms with van der Waals surface area (Å²) in [6.07, 6.45) is 0. The Bertz CT molecular complexity index is 636. The normalized spacial score (nSPS) is 10.4. The van der Waals surface area contributed by atoms with E-state index in [0.717, 1.165) is 16.9 Å². The topological polar surface area (TPSA) is 37.8 Å². The molecule has 0 saturated carbocycles. The minimum atomic E-state index is -0.0993. The molecule has 1 N–H and O–H groups in total. The van der Waals surface area contributed by atoms with Crippen molar-refractivity contribution in [2.24, 2.45) is 0 Å². The van der Waals surface area contributed by atoms with Gasteiger partial charge in [-0.25, -0.2) is 0 Å². The van der Waals surface area contributed by atoms with Crippen molar-refractivity contribution in [2.75, 3.05) is 0 Å². The summed E-state index contributed by atoms with van der Waals surface area (Å²) in [5, 5.41) is 2.82. The number of hydrogen-bond acceptors (Lipinski definition) is 1. The van der Waals surface area contributed by atoms with E-state index in [2.05, 4.69) is 5.10 Å². The van der Waals surface area contributed by atoms with Crippen LogP contribution in [-0.2, 0) is 0 Å². The molecule has 1 aromatic heterocycles. The van der Waals surface area contributed by atoms with Gasteiger partial charge in [0.1, 0.15) is 0 Å². The quantitative estimate of drug-likeness (QED) is 0.730. The van der Waals surface area contributed by atoms with Gasteiger partial charge in [-0.2, -0.15) is 0 Å². The lowest BCUT2D eigenvalue weighted by molar-refractivity contribution is 0.871. The van der Waals surface area contributed by atoms with Gasteiger partial charge in [-0.3, -0.25) is 14.6 Å².